The second kappa shape index (κ2) is 3.80. The minimum absolute atomic E-state index is 0.723. The summed E-state index contributed by atoms with van der Waals surface area (Å²) in [4.78, 5) is 0. The fourth-order valence-electron chi connectivity index (χ4n) is 1.84. The Morgan fingerprint density at radius 1 is 1.55 bits per heavy atom. The molecule has 1 saturated heterocycles. The lowest BCUT2D eigenvalue weighted by Gasteiger charge is -2.13. The SMILES string of the molecule is CC/C(=C1/CCCN1)C(C)C. The van der Waals surface area contributed by atoms with E-state index in [4.69, 9.17) is 0 Å². The van der Waals surface area contributed by atoms with Gasteiger partial charge in [-0.05, 0) is 30.8 Å². The molecule has 0 radical (unpaired) electrons. The van der Waals surface area contributed by atoms with Gasteiger partial charge in [0.25, 0.3) is 0 Å². The Bertz CT molecular complexity index is 148. The van der Waals surface area contributed by atoms with Crippen LogP contribution >= 0.6 is 0 Å². The maximum atomic E-state index is 3.47. The Morgan fingerprint density at radius 2 is 2.27 bits per heavy atom. The summed E-state index contributed by atoms with van der Waals surface area (Å²) < 4.78 is 0. The van der Waals surface area contributed by atoms with E-state index in [2.05, 4.69) is 26.1 Å². The minimum atomic E-state index is 0.723. The van der Waals surface area contributed by atoms with Gasteiger partial charge in [-0.2, -0.15) is 0 Å². The predicted octanol–water partition coefficient (Wildman–Crippen LogP) is 2.69. The van der Waals surface area contributed by atoms with Crippen LogP contribution in [0.1, 0.15) is 40.0 Å². The van der Waals surface area contributed by atoms with Crippen LogP contribution in [0.4, 0.5) is 0 Å². The lowest BCUT2D eigenvalue weighted by Crippen LogP contribution is -2.09. The van der Waals surface area contributed by atoms with Crippen molar-refractivity contribution in [2.45, 2.75) is 40.0 Å². The van der Waals surface area contributed by atoms with Gasteiger partial charge in [-0.25, -0.2) is 0 Å². The fourth-order valence-corrected chi connectivity index (χ4v) is 1.84. The standard InChI is InChI=1S/C10H19N/c1-4-9(8(2)3)10-6-5-7-11-10/h8,11H,4-7H2,1-3H3/b10-9+. The van der Waals surface area contributed by atoms with E-state index < -0.39 is 0 Å². The average Bonchev–Trinajstić information content (AvgIpc) is 2.40. The highest BCUT2D eigenvalue weighted by atomic mass is 14.9. The Kier molecular flexibility index (Phi) is 2.98. The average molecular weight is 153 g/mol. The van der Waals surface area contributed by atoms with Crippen molar-refractivity contribution < 1.29 is 0 Å². The molecular weight excluding hydrogens is 134 g/mol. The minimum Gasteiger partial charge on any atom is -0.388 e. The molecule has 1 heteroatoms. The van der Waals surface area contributed by atoms with Gasteiger partial charge in [0, 0.05) is 12.2 Å². The molecule has 1 rings (SSSR count). The van der Waals surface area contributed by atoms with Gasteiger partial charge in [0.1, 0.15) is 0 Å². The van der Waals surface area contributed by atoms with Crippen LogP contribution in [0.25, 0.3) is 0 Å². The molecule has 1 aliphatic rings. The van der Waals surface area contributed by atoms with Gasteiger partial charge in [0.2, 0.25) is 0 Å². The van der Waals surface area contributed by atoms with Crippen molar-refractivity contribution in [3.63, 3.8) is 0 Å². The number of rotatable bonds is 2. The number of allylic oxidation sites excluding steroid dienone is 2. The topological polar surface area (TPSA) is 12.0 Å². The van der Waals surface area contributed by atoms with Crippen molar-refractivity contribution in [1.29, 1.82) is 0 Å². The molecular formula is C10H19N. The first-order valence-corrected chi connectivity index (χ1v) is 4.71. The summed E-state index contributed by atoms with van der Waals surface area (Å²) in [5.74, 6) is 0.723. The molecule has 64 valence electrons. The molecule has 0 atom stereocenters. The van der Waals surface area contributed by atoms with E-state index in [1.54, 1.807) is 5.57 Å². The third-order valence-electron chi connectivity index (χ3n) is 2.41. The third-order valence-corrected chi connectivity index (χ3v) is 2.41. The normalized spacial score (nSPS) is 22.2. The number of hydrogen-bond donors (Lipinski definition) is 1. The Balaban J connectivity index is 2.70. The van der Waals surface area contributed by atoms with E-state index in [1.807, 2.05) is 0 Å². The highest BCUT2D eigenvalue weighted by Gasteiger charge is 2.12. The molecule has 1 nitrogen and oxygen atoms in total. The van der Waals surface area contributed by atoms with Crippen LogP contribution in [0.15, 0.2) is 11.3 Å². The summed E-state index contributed by atoms with van der Waals surface area (Å²) in [5, 5.41) is 3.47. The van der Waals surface area contributed by atoms with E-state index in [0.717, 1.165) is 5.92 Å². The van der Waals surface area contributed by atoms with Gasteiger partial charge in [-0.3, -0.25) is 0 Å². The predicted molar refractivity (Wildman–Crippen MR) is 49.4 cm³/mol. The molecule has 0 saturated carbocycles. The van der Waals surface area contributed by atoms with Crippen molar-refractivity contribution in [3.05, 3.63) is 11.3 Å². The molecule has 11 heavy (non-hydrogen) atoms. The first-order chi connectivity index (χ1) is 5.25. The van der Waals surface area contributed by atoms with Gasteiger partial charge in [0.15, 0.2) is 0 Å². The molecule has 1 aliphatic heterocycles. The van der Waals surface area contributed by atoms with Crippen molar-refractivity contribution in [2.75, 3.05) is 6.54 Å². The van der Waals surface area contributed by atoms with E-state index in [0.29, 0.717) is 0 Å². The maximum absolute atomic E-state index is 3.47. The molecule has 1 N–H and O–H groups in total. The van der Waals surface area contributed by atoms with E-state index in [-0.39, 0.29) is 0 Å². The molecule has 1 fully saturated rings. The summed E-state index contributed by atoms with van der Waals surface area (Å²) in [5.41, 5.74) is 3.16. The second-order valence-electron chi connectivity index (χ2n) is 3.54. The van der Waals surface area contributed by atoms with Crippen LogP contribution in [0.3, 0.4) is 0 Å². The Morgan fingerprint density at radius 3 is 2.64 bits per heavy atom. The lowest BCUT2D eigenvalue weighted by atomic mass is 9.98. The zero-order valence-electron chi connectivity index (χ0n) is 7.91. The van der Waals surface area contributed by atoms with Crippen LogP contribution in [-0.4, -0.2) is 6.54 Å². The maximum Gasteiger partial charge on any atom is 0.0147 e. The molecule has 0 aromatic heterocycles. The summed E-state index contributed by atoms with van der Waals surface area (Å²) in [6.07, 6.45) is 3.81. The van der Waals surface area contributed by atoms with Crippen LogP contribution in [-0.2, 0) is 0 Å². The monoisotopic (exact) mass is 153 g/mol. The fraction of sp³-hybridized carbons (Fsp3) is 0.800. The van der Waals surface area contributed by atoms with Gasteiger partial charge in [-0.15, -0.1) is 0 Å². The highest BCUT2D eigenvalue weighted by molar-refractivity contribution is 5.16. The zero-order chi connectivity index (χ0) is 8.27. The van der Waals surface area contributed by atoms with Crippen LogP contribution < -0.4 is 5.32 Å². The molecule has 0 aliphatic carbocycles. The largest absolute Gasteiger partial charge is 0.388 e. The van der Waals surface area contributed by atoms with Crippen LogP contribution in [0, 0.1) is 5.92 Å². The third kappa shape index (κ3) is 1.98. The molecule has 0 aromatic rings. The molecule has 0 bridgehead atoms. The van der Waals surface area contributed by atoms with E-state index >= 15 is 0 Å². The van der Waals surface area contributed by atoms with Crippen molar-refractivity contribution in [3.8, 4) is 0 Å². The summed E-state index contributed by atoms with van der Waals surface area (Å²) >= 11 is 0. The number of hydrogen-bond acceptors (Lipinski definition) is 1. The van der Waals surface area contributed by atoms with Crippen molar-refractivity contribution in [2.24, 2.45) is 5.92 Å². The molecule has 0 amide bonds. The van der Waals surface area contributed by atoms with Gasteiger partial charge < -0.3 is 5.32 Å². The van der Waals surface area contributed by atoms with Crippen LogP contribution in [0.2, 0.25) is 0 Å². The molecule has 0 spiro atoms. The van der Waals surface area contributed by atoms with Crippen molar-refractivity contribution in [1.82, 2.24) is 5.32 Å². The van der Waals surface area contributed by atoms with E-state index in [1.165, 1.54) is 31.5 Å². The highest BCUT2D eigenvalue weighted by Crippen LogP contribution is 2.22. The second-order valence-corrected chi connectivity index (χ2v) is 3.54. The smallest absolute Gasteiger partial charge is 0.0147 e. The molecule has 0 unspecified atom stereocenters. The lowest BCUT2D eigenvalue weighted by molar-refractivity contribution is 0.702. The quantitative estimate of drug-likeness (QED) is 0.643. The Hall–Kier alpha value is -0.460. The van der Waals surface area contributed by atoms with Gasteiger partial charge in [0.05, 0.1) is 0 Å². The van der Waals surface area contributed by atoms with E-state index in [9.17, 15) is 0 Å². The van der Waals surface area contributed by atoms with Crippen molar-refractivity contribution >= 4 is 0 Å². The summed E-state index contributed by atoms with van der Waals surface area (Å²) in [6.45, 7) is 8.01. The first-order valence-electron chi connectivity index (χ1n) is 4.71. The summed E-state index contributed by atoms with van der Waals surface area (Å²) in [7, 11) is 0. The molecule has 0 aromatic carbocycles. The molecule has 1 heterocycles. The number of nitrogens with one attached hydrogen (secondary N) is 1. The van der Waals surface area contributed by atoms with Crippen LogP contribution in [0.5, 0.6) is 0 Å². The zero-order valence-corrected chi connectivity index (χ0v) is 7.91. The Labute approximate surface area is 69.9 Å². The van der Waals surface area contributed by atoms with Gasteiger partial charge >= 0.3 is 0 Å². The van der Waals surface area contributed by atoms with Gasteiger partial charge in [-0.1, -0.05) is 20.8 Å². The summed E-state index contributed by atoms with van der Waals surface area (Å²) in [6, 6.07) is 0. The first kappa shape index (κ1) is 8.63.